The first-order valence-electron chi connectivity index (χ1n) is 6.22. The Labute approximate surface area is 110 Å². The van der Waals surface area contributed by atoms with E-state index < -0.39 is 18.3 Å². The molecule has 0 bridgehead atoms. The second kappa shape index (κ2) is 6.02. The maximum Gasteiger partial charge on any atom is 0.238 e. The molecule has 0 fully saturated rings. The molecule has 1 aromatic carbocycles. The van der Waals surface area contributed by atoms with E-state index in [1.54, 1.807) is 4.90 Å². The van der Waals surface area contributed by atoms with Crippen molar-refractivity contribution in [1.82, 2.24) is 4.90 Å². The molecule has 1 aliphatic heterocycles. The Morgan fingerprint density at radius 3 is 2.84 bits per heavy atom. The molecule has 0 radical (unpaired) electrons. The van der Waals surface area contributed by atoms with Gasteiger partial charge in [-0.25, -0.2) is 8.78 Å². The Morgan fingerprint density at radius 1 is 1.42 bits per heavy atom. The van der Waals surface area contributed by atoms with Gasteiger partial charge in [0.2, 0.25) is 12.2 Å². The lowest BCUT2D eigenvalue weighted by molar-refractivity contribution is -0.133. The molecule has 5 heteroatoms. The lowest BCUT2D eigenvalue weighted by Crippen LogP contribution is -2.30. The van der Waals surface area contributed by atoms with Crippen LogP contribution in [0.4, 0.5) is 8.78 Å². The number of aldehydes is 1. The van der Waals surface area contributed by atoms with E-state index in [-0.39, 0.29) is 6.42 Å². The number of alkyl halides is 2. The molecule has 0 spiro atoms. The summed E-state index contributed by atoms with van der Waals surface area (Å²) in [6, 6.07) is 6.78. The van der Waals surface area contributed by atoms with Crippen LogP contribution in [-0.2, 0) is 16.1 Å². The summed E-state index contributed by atoms with van der Waals surface area (Å²) in [5.74, 6) is -0.512. The monoisotopic (exact) mass is 267 g/mol. The predicted molar refractivity (Wildman–Crippen MR) is 65.9 cm³/mol. The maximum atomic E-state index is 12.2. The van der Waals surface area contributed by atoms with Gasteiger partial charge in [0.25, 0.3) is 0 Å². The molecule has 1 aromatic rings. The molecule has 102 valence electrons. The van der Waals surface area contributed by atoms with Crippen molar-refractivity contribution in [2.75, 3.05) is 6.54 Å². The summed E-state index contributed by atoms with van der Waals surface area (Å²) in [4.78, 5) is 24.3. The van der Waals surface area contributed by atoms with Gasteiger partial charge in [0.15, 0.2) is 6.29 Å². The van der Waals surface area contributed by atoms with Crippen molar-refractivity contribution in [2.24, 2.45) is 0 Å². The fraction of sp³-hybridized carbons (Fsp3) is 0.429. The first-order valence-corrected chi connectivity index (χ1v) is 6.22. The molecule has 0 aliphatic carbocycles. The lowest BCUT2D eigenvalue weighted by Gasteiger charge is -2.22. The van der Waals surface area contributed by atoms with Gasteiger partial charge in [-0.15, -0.1) is 0 Å². The summed E-state index contributed by atoms with van der Waals surface area (Å²) in [6.45, 7) is 0.924. The molecule has 1 atom stereocenters. The van der Waals surface area contributed by atoms with Gasteiger partial charge in [0.1, 0.15) is 6.04 Å². The number of benzene rings is 1. The zero-order chi connectivity index (χ0) is 13.8. The highest BCUT2D eigenvalue weighted by atomic mass is 19.3. The van der Waals surface area contributed by atoms with Crippen molar-refractivity contribution >= 4 is 12.1 Å². The normalized spacial score (nSPS) is 18.6. The fourth-order valence-electron chi connectivity index (χ4n) is 2.51. The van der Waals surface area contributed by atoms with E-state index in [1.165, 1.54) is 0 Å². The zero-order valence-corrected chi connectivity index (χ0v) is 10.4. The Bertz CT molecular complexity index is 476. The summed E-state index contributed by atoms with van der Waals surface area (Å²) in [7, 11) is 0. The highest BCUT2D eigenvalue weighted by Crippen LogP contribution is 2.34. The predicted octanol–water partition coefficient (Wildman–Crippen LogP) is 2.36. The van der Waals surface area contributed by atoms with E-state index in [1.807, 2.05) is 24.3 Å². The van der Waals surface area contributed by atoms with Gasteiger partial charge in [-0.2, -0.15) is 0 Å². The first-order chi connectivity index (χ1) is 9.13. The lowest BCUT2D eigenvalue weighted by atomic mass is 10.0. The van der Waals surface area contributed by atoms with Crippen LogP contribution in [0.1, 0.15) is 30.0 Å². The molecule has 3 nitrogen and oxygen atoms in total. The fourth-order valence-corrected chi connectivity index (χ4v) is 2.51. The molecule has 0 aromatic heterocycles. The molecule has 1 unspecified atom stereocenters. The second-order valence-corrected chi connectivity index (χ2v) is 4.63. The average molecular weight is 267 g/mol. The number of Topliss-reactive ketones (excluding diaryl/α,β-unsaturated/α-hetero) is 1. The molecular weight excluding hydrogens is 252 g/mol. The second-order valence-electron chi connectivity index (χ2n) is 4.63. The van der Waals surface area contributed by atoms with Crippen LogP contribution in [0.25, 0.3) is 0 Å². The van der Waals surface area contributed by atoms with Gasteiger partial charge < -0.3 is 0 Å². The molecule has 1 heterocycles. The Kier molecular flexibility index (Phi) is 4.37. The average Bonchev–Trinajstić information content (AvgIpc) is 2.75. The Hall–Kier alpha value is -1.62. The number of ketones is 1. The number of rotatable bonds is 6. The molecule has 1 aliphatic rings. The van der Waals surface area contributed by atoms with Crippen LogP contribution in [0.5, 0.6) is 0 Å². The van der Waals surface area contributed by atoms with Crippen LogP contribution in [0.3, 0.4) is 0 Å². The van der Waals surface area contributed by atoms with E-state index in [9.17, 15) is 18.4 Å². The summed E-state index contributed by atoms with van der Waals surface area (Å²) in [5, 5.41) is 0. The largest absolute Gasteiger partial charge is 0.295 e. The number of halogens is 2. The van der Waals surface area contributed by atoms with Crippen LogP contribution < -0.4 is 0 Å². The summed E-state index contributed by atoms with van der Waals surface area (Å²) in [6.07, 6.45) is -1.89. The highest BCUT2D eigenvalue weighted by molar-refractivity contribution is 6.27. The van der Waals surface area contributed by atoms with Gasteiger partial charge >= 0.3 is 0 Å². The van der Waals surface area contributed by atoms with Gasteiger partial charge in [0, 0.05) is 13.0 Å². The number of nitrogens with zero attached hydrogens (tertiary/aromatic N) is 1. The van der Waals surface area contributed by atoms with Crippen LogP contribution in [-0.4, -0.2) is 29.9 Å². The standard InChI is InChI=1S/C14H15F2NO2/c15-13(16)6-3-7-17-8-10-4-1-2-5-11(10)14(17)12(19)9-18/h1-2,4-5,9,13-14H,3,6-8H2. The summed E-state index contributed by atoms with van der Waals surface area (Å²) >= 11 is 0. The highest BCUT2D eigenvalue weighted by Gasteiger charge is 2.34. The van der Waals surface area contributed by atoms with Crippen molar-refractivity contribution in [3.05, 3.63) is 35.4 Å². The third-order valence-corrected chi connectivity index (χ3v) is 3.34. The van der Waals surface area contributed by atoms with E-state index >= 15 is 0 Å². The third-order valence-electron chi connectivity index (χ3n) is 3.34. The van der Waals surface area contributed by atoms with Crippen molar-refractivity contribution in [1.29, 1.82) is 0 Å². The minimum atomic E-state index is -2.33. The molecule has 0 saturated carbocycles. The Morgan fingerprint density at radius 2 is 2.16 bits per heavy atom. The number of fused-ring (bicyclic) bond motifs is 1. The quantitative estimate of drug-likeness (QED) is 0.586. The third kappa shape index (κ3) is 3.04. The van der Waals surface area contributed by atoms with E-state index in [4.69, 9.17) is 0 Å². The molecule has 0 amide bonds. The van der Waals surface area contributed by atoms with Crippen LogP contribution in [0.15, 0.2) is 24.3 Å². The van der Waals surface area contributed by atoms with Crippen molar-refractivity contribution in [2.45, 2.75) is 31.9 Å². The van der Waals surface area contributed by atoms with Gasteiger partial charge in [-0.1, -0.05) is 24.3 Å². The molecule has 19 heavy (non-hydrogen) atoms. The van der Waals surface area contributed by atoms with Gasteiger partial charge in [-0.05, 0) is 24.1 Å². The van der Waals surface area contributed by atoms with Crippen molar-refractivity contribution in [3.8, 4) is 0 Å². The minimum absolute atomic E-state index is 0.186. The van der Waals surface area contributed by atoms with Crippen LogP contribution >= 0.6 is 0 Å². The van der Waals surface area contributed by atoms with Crippen molar-refractivity contribution in [3.63, 3.8) is 0 Å². The number of hydrogen-bond donors (Lipinski definition) is 0. The van der Waals surface area contributed by atoms with Crippen molar-refractivity contribution < 1.29 is 18.4 Å². The van der Waals surface area contributed by atoms with Crippen LogP contribution in [0.2, 0.25) is 0 Å². The molecule has 2 rings (SSSR count). The maximum absolute atomic E-state index is 12.2. The number of carbonyl (C=O) groups excluding carboxylic acids is 2. The zero-order valence-electron chi connectivity index (χ0n) is 10.4. The van der Waals surface area contributed by atoms with E-state index in [0.717, 1.165) is 11.1 Å². The smallest absolute Gasteiger partial charge is 0.238 e. The van der Waals surface area contributed by atoms with Gasteiger partial charge in [0.05, 0.1) is 0 Å². The topological polar surface area (TPSA) is 37.4 Å². The Balaban J connectivity index is 2.12. The van der Waals surface area contributed by atoms with Crippen LogP contribution in [0, 0.1) is 0 Å². The SMILES string of the molecule is O=CC(=O)C1c2ccccc2CN1CCCC(F)F. The van der Waals surface area contributed by atoms with Gasteiger partial charge in [-0.3, -0.25) is 14.5 Å². The number of carbonyl (C=O) groups is 2. The molecular formula is C14H15F2NO2. The van der Waals surface area contributed by atoms with E-state index in [2.05, 4.69) is 0 Å². The molecule has 0 saturated heterocycles. The summed E-state index contributed by atoms with van der Waals surface area (Å²) in [5.41, 5.74) is 1.80. The number of hydrogen-bond acceptors (Lipinski definition) is 3. The molecule has 0 N–H and O–H groups in total. The minimum Gasteiger partial charge on any atom is -0.295 e. The summed E-state index contributed by atoms with van der Waals surface area (Å²) < 4.78 is 24.3. The first kappa shape index (κ1) is 13.8. The van der Waals surface area contributed by atoms with E-state index in [0.29, 0.717) is 25.8 Å².